The first-order chi connectivity index (χ1) is 8.82. The van der Waals surface area contributed by atoms with E-state index in [9.17, 15) is 18.3 Å². The number of hydrogen-bond acceptors (Lipinski definition) is 4. The molecule has 2 rings (SSSR count). The Bertz CT molecular complexity index is 593. The summed E-state index contributed by atoms with van der Waals surface area (Å²) in [6.45, 7) is 0.462. The molecule has 7 nitrogen and oxygen atoms in total. The highest BCUT2D eigenvalue weighted by molar-refractivity contribution is 7.89. The molecule has 0 saturated carbocycles. The van der Waals surface area contributed by atoms with E-state index in [-0.39, 0.29) is 17.1 Å². The average molecular weight is 287 g/mol. The van der Waals surface area contributed by atoms with Crippen molar-refractivity contribution in [3.05, 3.63) is 18.0 Å². The van der Waals surface area contributed by atoms with Crippen LogP contribution in [0.3, 0.4) is 0 Å². The minimum absolute atomic E-state index is 0.0258. The zero-order valence-electron chi connectivity index (χ0n) is 10.6. The van der Waals surface area contributed by atoms with E-state index in [0.29, 0.717) is 19.4 Å². The van der Waals surface area contributed by atoms with E-state index in [1.54, 1.807) is 7.05 Å². The summed E-state index contributed by atoms with van der Waals surface area (Å²) in [7, 11) is -2.13. The molecule has 2 heterocycles. The number of aliphatic hydroxyl groups excluding tert-OH is 1. The molecule has 0 aliphatic carbocycles. The van der Waals surface area contributed by atoms with E-state index >= 15 is 0 Å². The van der Waals surface area contributed by atoms with Gasteiger partial charge in [-0.1, -0.05) is 0 Å². The maximum Gasteiger partial charge on any atom is 0.265 e. The Hall–Kier alpha value is -1.38. The summed E-state index contributed by atoms with van der Waals surface area (Å²) in [4.78, 5) is 11.2. The first-order valence-corrected chi connectivity index (χ1v) is 7.41. The number of primary amides is 1. The molecule has 1 atom stereocenters. The summed E-state index contributed by atoms with van der Waals surface area (Å²) in [6.07, 6.45) is 1.95. The predicted molar refractivity (Wildman–Crippen MR) is 67.9 cm³/mol. The van der Waals surface area contributed by atoms with Gasteiger partial charge in [-0.05, 0) is 18.9 Å². The fraction of sp³-hybridized carbons (Fsp3) is 0.545. The van der Waals surface area contributed by atoms with Gasteiger partial charge in [-0.15, -0.1) is 0 Å². The van der Waals surface area contributed by atoms with E-state index in [0.717, 1.165) is 0 Å². The van der Waals surface area contributed by atoms with Crippen molar-refractivity contribution in [3.8, 4) is 0 Å². The van der Waals surface area contributed by atoms with Crippen LogP contribution >= 0.6 is 0 Å². The number of nitrogens with zero attached hydrogens (tertiary/aromatic N) is 2. The Morgan fingerprint density at radius 1 is 1.53 bits per heavy atom. The van der Waals surface area contributed by atoms with E-state index < -0.39 is 22.0 Å². The molecule has 106 valence electrons. The predicted octanol–water partition coefficient (Wildman–Crippen LogP) is -0.731. The molecular weight excluding hydrogens is 270 g/mol. The lowest BCUT2D eigenvalue weighted by Crippen LogP contribution is -2.41. The van der Waals surface area contributed by atoms with Gasteiger partial charge in [-0.25, -0.2) is 8.42 Å². The Kier molecular flexibility index (Phi) is 3.66. The molecule has 0 radical (unpaired) electrons. The van der Waals surface area contributed by atoms with E-state index in [2.05, 4.69) is 0 Å². The Morgan fingerprint density at radius 2 is 2.21 bits per heavy atom. The SMILES string of the molecule is Cn1cc(S(=O)(=O)N2CCC[C@@H](O)C2)cc1C(N)=O. The van der Waals surface area contributed by atoms with Gasteiger partial charge in [0.1, 0.15) is 10.6 Å². The number of nitrogens with two attached hydrogens (primary N) is 1. The maximum atomic E-state index is 12.4. The third-order valence-corrected chi connectivity index (χ3v) is 5.06. The van der Waals surface area contributed by atoms with Crippen LogP contribution in [0.4, 0.5) is 0 Å². The van der Waals surface area contributed by atoms with Crippen LogP contribution in [0.5, 0.6) is 0 Å². The van der Waals surface area contributed by atoms with Crippen LogP contribution in [0.15, 0.2) is 17.2 Å². The smallest absolute Gasteiger partial charge is 0.265 e. The van der Waals surface area contributed by atoms with Crippen molar-refractivity contribution < 1.29 is 18.3 Å². The quantitative estimate of drug-likeness (QED) is 0.764. The summed E-state index contributed by atoms with van der Waals surface area (Å²) in [5.74, 6) is -0.678. The zero-order valence-corrected chi connectivity index (χ0v) is 11.4. The molecule has 1 aliphatic rings. The largest absolute Gasteiger partial charge is 0.392 e. The van der Waals surface area contributed by atoms with Gasteiger partial charge in [-0.3, -0.25) is 4.79 Å². The molecule has 0 unspecified atom stereocenters. The molecule has 0 aromatic carbocycles. The molecule has 1 aromatic heterocycles. The molecule has 1 amide bonds. The van der Waals surface area contributed by atoms with Gasteiger partial charge in [0.2, 0.25) is 10.0 Å². The number of sulfonamides is 1. The topological polar surface area (TPSA) is 106 Å². The number of amides is 1. The third kappa shape index (κ3) is 2.65. The molecular formula is C11H17N3O4S. The number of β-amino-alcohol motifs (C(OH)–C–C–N with tert-alkyl or cyclic N) is 1. The maximum absolute atomic E-state index is 12.4. The lowest BCUT2D eigenvalue weighted by atomic mass is 10.1. The fourth-order valence-electron chi connectivity index (χ4n) is 2.21. The standard InChI is InChI=1S/C11H17N3O4S/c1-13-7-9(5-10(13)11(12)16)19(17,18)14-4-2-3-8(15)6-14/h5,7-8,15H,2-4,6H2,1H3,(H2,12,16)/t8-/m1/s1. The van der Waals surface area contributed by atoms with Crippen LogP contribution < -0.4 is 5.73 Å². The Balaban J connectivity index is 2.34. The Morgan fingerprint density at radius 3 is 2.74 bits per heavy atom. The van der Waals surface area contributed by atoms with Crippen LogP contribution in [0.2, 0.25) is 0 Å². The van der Waals surface area contributed by atoms with Gasteiger partial charge in [-0.2, -0.15) is 4.31 Å². The molecule has 8 heteroatoms. The van der Waals surface area contributed by atoms with Gasteiger partial charge in [0.15, 0.2) is 0 Å². The van der Waals surface area contributed by atoms with Crippen molar-refractivity contribution in [2.24, 2.45) is 12.8 Å². The first-order valence-electron chi connectivity index (χ1n) is 5.97. The lowest BCUT2D eigenvalue weighted by Gasteiger charge is -2.28. The molecule has 3 N–H and O–H groups in total. The molecule has 1 aromatic rings. The van der Waals surface area contributed by atoms with Crippen molar-refractivity contribution >= 4 is 15.9 Å². The van der Waals surface area contributed by atoms with E-state index in [4.69, 9.17) is 5.73 Å². The fourth-order valence-corrected chi connectivity index (χ4v) is 3.80. The monoisotopic (exact) mass is 287 g/mol. The Labute approximate surface area is 111 Å². The minimum Gasteiger partial charge on any atom is -0.392 e. The first kappa shape index (κ1) is 14.0. The number of carbonyl (C=O) groups is 1. The average Bonchev–Trinajstić information content (AvgIpc) is 2.72. The van der Waals surface area contributed by atoms with Crippen molar-refractivity contribution in [1.29, 1.82) is 0 Å². The number of hydrogen-bond donors (Lipinski definition) is 2. The summed E-state index contributed by atoms with van der Waals surface area (Å²) in [6, 6.07) is 1.26. The second-order valence-electron chi connectivity index (χ2n) is 4.70. The number of aromatic nitrogens is 1. The second-order valence-corrected chi connectivity index (χ2v) is 6.63. The van der Waals surface area contributed by atoms with Crippen molar-refractivity contribution in [1.82, 2.24) is 8.87 Å². The highest BCUT2D eigenvalue weighted by Gasteiger charge is 2.30. The van der Waals surface area contributed by atoms with Crippen LogP contribution in [-0.4, -0.2) is 47.5 Å². The van der Waals surface area contributed by atoms with Crippen molar-refractivity contribution in [2.75, 3.05) is 13.1 Å². The number of carbonyl (C=O) groups excluding carboxylic acids is 1. The van der Waals surface area contributed by atoms with Crippen LogP contribution in [0.1, 0.15) is 23.3 Å². The van der Waals surface area contributed by atoms with Gasteiger partial charge in [0, 0.05) is 26.3 Å². The van der Waals surface area contributed by atoms with Crippen LogP contribution in [-0.2, 0) is 17.1 Å². The second kappa shape index (κ2) is 4.95. The minimum atomic E-state index is -3.69. The van der Waals surface area contributed by atoms with Gasteiger partial charge < -0.3 is 15.4 Å². The lowest BCUT2D eigenvalue weighted by molar-refractivity contribution is 0.0992. The number of aliphatic hydroxyl groups is 1. The third-order valence-electron chi connectivity index (χ3n) is 3.23. The number of aryl methyl sites for hydroxylation is 1. The highest BCUT2D eigenvalue weighted by atomic mass is 32.2. The van der Waals surface area contributed by atoms with Gasteiger partial charge >= 0.3 is 0 Å². The number of rotatable bonds is 3. The molecule has 1 aliphatic heterocycles. The summed E-state index contributed by atoms with van der Waals surface area (Å²) in [5.41, 5.74) is 5.30. The molecule has 0 spiro atoms. The van der Waals surface area contributed by atoms with Crippen molar-refractivity contribution in [2.45, 2.75) is 23.8 Å². The summed E-state index contributed by atoms with van der Waals surface area (Å²) >= 11 is 0. The molecule has 0 bridgehead atoms. The van der Waals surface area contributed by atoms with E-state index in [1.807, 2.05) is 0 Å². The van der Waals surface area contributed by atoms with E-state index in [1.165, 1.54) is 21.1 Å². The zero-order chi connectivity index (χ0) is 14.2. The van der Waals surface area contributed by atoms with Gasteiger partial charge in [0.25, 0.3) is 5.91 Å². The summed E-state index contributed by atoms with van der Waals surface area (Å²) in [5, 5.41) is 9.55. The molecule has 1 saturated heterocycles. The van der Waals surface area contributed by atoms with Crippen LogP contribution in [0, 0.1) is 0 Å². The summed E-state index contributed by atoms with van der Waals surface area (Å²) < 4.78 is 27.4. The van der Waals surface area contributed by atoms with Gasteiger partial charge in [0.05, 0.1) is 6.10 Å². The van der Waals surface area contributed by atoms with Crippen LogP contribution in [0.25, 0.3) is 0 Å². The normalized spacial score (nSPS) is 21.5. The molecule has 19 heavy (non-hydrogen) atoms. The van der Waals surface area contributed by atoms with Crippen molar-refractivity contribution in [3.63, 3.8) is 0 Å². The highest BCUT2D eigenvalue weighted by Crippen LogP contribution is 2.22. The number of piperidine rings is 1. The molecule has 1 fully saturated rings.